The second-order valence-electron chi connectivity index (χ2n) is 5.99. The van der Waals surface area contributed by atoms with Gasteiger partial charge in [-0.1, -0.05) is 6.07 Å². The molecule has 1 saturated carbocycles. The van der Waals surface area contributed by atoms with Crippen LogP contribution in [0, 0.1) is 12.8 Å². The Morgan fingerprint density at radius 3 is 2.50 bits per heavy atom. The number of rotatable bonds is 5. The summed E-state index contributed by atoms with van der Waals surface area (Å²) in [7, 11) is 1.56. The van der Waals surface area contributed by atoms with Gasteiger partial charge in [0.25, 0.3) is 5.91 Å². The van der Waals surface area contributed by atoms with Crippen molar-refractivity contribution in [3.05, 3.63) is 47.7 Å². The average molecular weight is 328 g/mol. The van der Waals surface area contributed by atoms with Gasteiger partial charge in [0.15, 0.2) is 0 Å². The van der Waals surface area contributed by atoms with Crippen molar-refractivity contribution in [3.63, 3.8) is 0 Å². The minimum atomic E-state index is -0.302. The Bertz CT molecular complexity index is 697. The number of carbonyl (C=O) groups is 1. The molecule has 2 N–H and O–H groups in total. The highest BCUT2D eigenvalue weighted by atomic mass is 16.5. The smallest absolute Gasteiger partial charge is 0.254 e. The standard InChI is InChI=1S/C17H20N4O3/c1-10-18-8-13(9-19-10)17(23)21-16(12-5-14(22)6-12)11-3-4-15(24-2)20-7-11/h3-4,7-9,12,14,16,22H,5-6H2,1-2H3,(H,21,23). The highest BCUT2D eigenvalue weighted by Crippen LogP contribution is 2.38. The minimum absolute atomic E-state index is 0.172. The lowest BCUT2D eigenvalue weighted by Crippen LogP contribution is -2.41. The Morgan fingerprint density at radius 2 is 1.96 bits per heavy atom. The van der Waals surface area contributed by atoms with Crippen LogP contribution < -0.4 is 10.1 Å². The lowest BCUT2D eigenvalue weighted by Gasteiger charge is -2.38. The lowest BCUT2D eigenvalue weighted by molar-refractivity contribution is 0.0234. The molecule has 1 aliphatic rings. The van der Waals surface area contributed by atoms with Gasteiger partial charge in [-0.2, -0.15) is 0 Å². The SMILES string of the molecule is COc1ccc(C(NC(=O)c2cnc(C)nc2)C2CC(O)C2)cn1. The fraction of sp³-hybridized carbons (Fsp3) is 0.412. The minimum Gasteiger partial charge on any atom is -0.481 e. The first kappa shape index (κ1) is 16.3. The quantitative estimate of drug-likeness (QED) is 0.862. The molecule has 1 atom stereocenters. The molecule has 0 radical (unpaired) electrons. The van der Waals surface area contributed by atoms with Crippen molar-refractivity contribution in [2.24, 2.45) is 5.92 Å². The Morgan fingerprint density at radius 1 is 1.25 bits per heavy atom. The molecule has 0 aromatic carbocycles. The molecular weight excluding hydrogens is 308 g/mol. The first-order valence-electron chi connectivity index (χ1n) is 7.84. The number of ether oxygens (including phenoxy) is 1. The highest BCUT2D eigenvalue weighted by Gasteiger charge is 2.36. The van der Waals surface area contributed by atoms with Crippen molar-refractivity contribution in [3.8, 4) is 5.88 Å². The molecule has 0 spiro atoms. The van der Waals surface area contributed by atoms with Crippen molar-refractivity contribution in [1.29, 1.82) is 0 Å². The van der Waals surface area contributed by atoms with E-state index in [4.69, 9.17) is 4.74 Å². The van der Waals surface area contributed by atoms with Gasteiger partial charge in [-0.05, 0) is 31.2 Å². The Balaban J connectivity index is 1.79. The van der Waals surface area contributed by atoms with Crippen molar-refractivity contribution >= 4 is 5.91 Å². The second kappa shape index (κ2) is 6.92. The van der Waals surface area contributed by atoms with Gasteiger partial charge in [-0.25, -0.2) is 15.0 Å². The monoisotopic (exact) mass is 328 g/mol. The first-order chi connectivity index (χ1) is 11.6. The largest absolute Gasteiger partial charge is 0.481 e. The molecule has 7 nitrogen and oxygen atoms in total. The molecule has 24 heavy (non-hydrogen) atoms. The lowest BCUT2D eigenvalue weighted by atomic mass is 9.75. The number of aliphatic hydroxyl groups is 1. The van der Waals surface area contributed by atoms with E-state index in [0.29, 0.717) is 30.1 Å². The third-order valence-electron chi connectivity index (χ3n) is 4.28. The molecule has 1 amide bonds. The van der Waals surface area contributed by atoms with E-state index in [1.54, 1.807) is 26.3 Å². The Labute approximate surface area is 140 Å². The van der Waals surface area contributed by atoms with Crippen LogP contribution in [0.1, 0.15) is 40.6 Å². The van der Waals surface area contributed by atoms with Gasteiger partial charge in [0.1, 0.15) is 5.82 Å². The number of methoxy groups -OCH3 is 1. The van der Waals surface area contributed by atoms with Crippen LogP contribution in [-0.4, -0.2) is 39.2 Å². The fourth-order valence-corrected chi connectivity index (χ4v) is 2.81. The van der Waals surface area contributed by atoms with Crippen LogP contribution in [0.25, 0.3) is 0 Å². The van der Waals surface area contributed by atoms with Crippen LogP contribution in [-0.2, 0) is 0 Å². The van der Waals surface area contributed by atoms with E-state index in [0.717, 1.165) is 5.56 Å². The number of nitrogens with one attached hydrogen (secondary N) is 1. The number of aromatic nitrogens is 3. The van der Waals surface area contributed by atoms with Crippen molar-refractivity contribution < 1.29 is 14.6 Å². The summed E-state index contributed by atoms with van der Waals surface area (Å²) in [4.78, 5) is 24.8. The number of aryl methyl sites for hydroxylation is 1. The molecule has 0 saturated heterocycles. The number of hydrogen-bond acceptors (Lipinski definition) is 6. The molecule has 2 heterocycles. The van der Waals surface area contributed by atoms with Gasteiger partial charge in [0, 0.05) is 24.7 Å². The first-order valence-corrected chi connectivity index (χ1v) is 7.84. The zero-order valence-electron chi connectivity index (χ0n) is 13.6. The molecule has 7 heteroatoms. The molecule has 0 bridgehead atoms. The zero-order chi connectivity index (χ0) is 17.1. The summed E-state index contributed by atoms with van der Waals surface area (Å²) in [5, 5.41) is 12.6. The van der Waals surface area contributed by atoms with Gasteiger partial charge in [-0.15, -0.1) is 0 Å². The highest BCUT2D eigenvalue weighted by molar-refractivity contribution is 5.93. The summed E-state index contributed by atoms with van der Waals surface area (Å²) >= 11 is 0. The molecule has 1 fully saturated rings. The van der Waals surface area contributed by atoms with Crippen molar-refractivity contribution in [2.45, 2.75) is 31.9 Å². The van der Waals surface area contributed by atoms with Crippen LogP contribution in [0.4, 0.5) is 0 Å². The maximum atomic E-state index is 12.5. The third kappa shape index (κ3) is 3.51. The van der Waals surface area contributed by atoms with E-state index < -0.39 is 0 Å². The fourth-order valence-electron chi connectivity index (χ4n) is 2.81. The molecule has 2 aromatic heterocycles. The number of hydrogen-bond donors (Lipinski definition) is 2. The molecule has 1 unspecified atom stereocenters. The summed E-state index contributed by atoms with van der Waals surface area (Å²) in [6, 6.07) is 3.42. The average Bonchev–Trinajstić information content (AvgIpc) is 2.58. The van der Waals surface area contributed by atoms with E-state index in [1.165, 1.54) is 12.4 Å². The molecule has 0 aliphatic heterocycles. The van der Waals surface area contributed by atoms with Gasteiger partial charge in [0.2, 0.25) is 5.88 Å². The second-order valence-corrected chi connectivity index (χ2v) is 5.99. The zero-order valence-corrected chi connectivity index (χ0v) is 13.6. The number of amides is 1. The van der Waals surface area contributed by atoms with E-state index in [9.17, 15) is 9.90 Å². The van der Waals surface area contributed by atoms with E-state index in [1.807, 2.05) is 6.07 Å². The summed E-state index contributed by atoms with van der Waals surface area (Å²) in [6.45, 7) is 1.77. The number of nitrogens with zero attached hydrogens (tertiary/aromatic N) is 3. The van der Waals surface area contributed by atoms with E-state index in [2.05, 4.69) is 20.3 Å². The summed E-state index contributed by atoms with van der Waals surface area (Å²) in [5.74, 6) is 1.07. The third-order valence-corrected chi connectivity index (χ3v) is 4.28. The normalized spacial score (nSPS) is 20.8. The molecule has 126 valence electrons. The van der Waals surface area contributed by atoms with Crippen LogP contribution >= 0.6 is 0 Å². The molecule has 1 aliphatic carbocycles. The van der Waals surface area contributed by atoms with E-state index >= 15 is 0 Å². The van der Waals surface area contributed by atoms with Crippen LogP contribution in [0.5, 0.6) is 5.88 Å². The predicted molar refractivity (Wildman–Crippen MR) is 86.5 cm³/mol. The summed E-state index contributed by atoms with van der Waals surface area (Å²) < 4.78 is 5.07. The number of aliphatic hydroxyl groups excluding tert-OH is 1. The molecular formula is C17H20N4O3. The Kier molecular flexibility index (Phi) is 4.71. The molecule has 2 aromatic rings. The van der Waals surface area contributed by atoms with Crippen LogP contribution in [0.15, 0.2) is 30.7 Å². The Hall–Kier alpha value is -2.54. The predicted octanol–water partition coefficient (Wildman–Crippen LogP) is 1.43. The summed E-state index contributed by atoms with van der Waals surface area (Å²) in [6.07, 6.45) is 5.72. The van der Waals surface area contributed by atoms with Crippen LogP contribution in [0.3, 0.4) is 0 Å². The number of carbonyl (C=O) groups excluding carboxylic acids is 1. The maximum Gasteiger partial charge on any atom is 0.254 e. The van der Waals surface area contributed by atoms with Gasteiger partial charge >= 0.3 is 0 Å². The maximum absolute atomic E-state index is 12.5. The van der Waals surface area contributed by atoms with E-state index in [-0.39, 0.29) is 24.0 Å². The summed E-state index contributed by atoms with van der Waals surface area (Å²) in [5.41, 5.74) is 1.29. The van der Waals surface area contributed by atoms with Crippen LogP contribution in [0.2, 0.25) is 0 Å². The van der Waals surface area contributed by atoms with Gasteiger partial charge in [0.05, 0.1) is 24.8 Å². The van der Waals surface area contributed by atoms with Crippen molar-refractivity contribution in [2.75, 3.05) is 7.11 Å². The van der Waals surface area contributed by atoms with Gasteiger partial charge < -0.3 is 15.2 Å². The topological polar surface area (TPSA) is 97.2 Å². The van der Waals surface area contributed by atoms with Crippen molar-refractivity contribution in [1.82, 2.24) is 20.3 Å². The number of pyridine rings is 1. The van der Waals surface area contributed by atoms with Gasteiger partial charge in [-0.3, -0.25) is 4.79 Å². The molecule has 3 rings (SSSR count).